The topological polar surface area (TPSA) is 55.6 Å². The van der Waals surface area contributed by atoms with Gasteiger partial charge < -0.3 is 15.4 Å². The van der Waals surface area contributed by atoms with Crippen LogP contribution in [0.1, 0.15) is 52.5 Å². The van der Waals surface area contributed by atoms with E-state index in [0.29, 0.717) is 0 Å². The Hall–Kier alpha value is -1.55. The van der Waals surface area contributed by atoms with E-state index in [9.17, 15) is 4.79 Å². The van der Waals surface area contributed by atoms with E-state index in [-0.39, 0.29) is 24.2 Å². The molecule has 0 radical (unpaired) electrons. The summed E-state index contributed by atoms with van der Waals surface area (Å²) in [5.41, 5.74) is 7.01. The Balaban J connectivity index is 2.21. The summed E-state index contributed by atoms with van der Waals surface area (Å²) in [4.78, 5) is 14.7. The summed E-state index contributed by atoms with van der Waals surface area (Å²) in [6.45, 7) is 7.84. The lowest BCUT2D eigenvalue weighted by Crippen LogP contribution is -2.56. The Morgan fingerprint density at radius 2 is 1.83 bits per heavy atom. The Kier molecular flexibility index (Phi) is 5.69. The van der Waals surface area contributed by atoms with Crippen LogP contribution in [0.4, 0.5) is 4.79 Å². The first-order valence-electron chi connectivity index (χ1n) is 8.61. The minimum atomic E-state index is -0.480. The van der Waals surface area contributed by atoms with Crippen molar-refractivity contribution in [1.82, 2.24) is 4.90 Å². The first-order valence-corrected chi connectivity index (χ1v) is 8.61. The van der Waals surface area contributed by atoms with Gasteiger partial charge in [0.05, 0.1) is 0 Å². The Labute approximate surface area is 140 Å². The number of rotatable bonds is 3. The van der Waals surface area contributed by atoms with Gasteiger partial charge in [-0.25, -0.2) is 4.79 Å². The van der Waals surface area contributed by atoms with E-state index in [4.69, 9.17) is 10.5 Å². The standard InChI is InChI=1S/C19H30N2O2/c1-5-16-12-15(20)13-17(11-14-9-7-6-8-10-14)21(16)18(22)23-19(2,3)4/h6-10,15-17H,5,11-13,20H2,1-4H3/t15-,16+,17-/m0/s1. The van der Waals surface area contributed by atoms with Crippen LogP contribution in [-0.4, -0.2) is 34.7 Å². The molecule has 1 aromatic carbocycles. The Morgan fingerprint density at radius 1 is 1.22 bits per heavy atom. The molecule has 0 aromatic heterocycles. The smallest absolute Gasteiger partial charge is 0.410 e. The second-order valence-electron chi connectivity index (χ2n) is 7.52. The SMILES string of the molecule is CC[C@@H]1C[C@H](N)C[C@H](Cc2ccccc2)N1C(=O)OC(C)(C)C. The number of carbonyl (C=O) groups is 1. The van der Waals surface area contributed by atoms with Gasteiger partial charge in [0.25, 0.3) is 0 Å². The monoisotopic (exact) mass is 318 g/mol. The summed E-state index contributed by atoms with van der Waals surface area (Å²) < 4.78 is 5.66. The molecule has 2 N–H and O–H groups in total. The molecular weight excluding hydrogens is 288 g/mol. The first-order chi connectivity index (χ1) is 10.8. The van der Waals surface area contributed by atoms with Gasteiger partial charge in [-0.3, -0.25) is 0 Å². The van der Waals surface area contributed by atoms with Crippen molar-refractivity contribution in [1.29, 1.82) is 0 Å². The highest BCUT2D eigenvalue weighted by Gasteiger charge is 2.38. The van der Waals surface area contributed by atoms with Crippen molar-refractivity contribution >= 4 is 6.09 Å². The molecule has 4 heteroatoms. The largest absolute Gasteiger partial charge is 0.444 e. The predicted molar refractivity (Wildman–Crippen MR) is 93.3 cm³/mol. The summed E-state index contributed by atoms with van der Waals surface area (Å²) in [6.07, 6.45) is 3.19. The molecular formula is C19H30N2O2. The van der Waals surface area contributed by atoms with E-state index >= 15 is 0 Å². The van der Waals surface area contributed by atoms with Crippen LogP contribution in [0.3, 0.4) is 0 Å². The fourth-order valence-corrected chi connectivity index (χ4v) is 3.36. The van der Waals surface area contributed by atoms with E-state index in [1.807, 2.05) is 43.9 Å². The van der Waals surface area contributed by atoms with Crippen LogP contribution in [0.5, 0.6) is 0 Å². The van der Waals surface area contributed by atoms with Gasteiger partial charge in [0, 0.05) is 18.1 Å². The van der Waals surface area contributed by atoms with Crippen LogP contribution < -0.4 is 5.73 Å². The molecule has 0 bridgehead atoms. The fraction of sp³-hybridized carbons (Fsp3) is 0.632. The predicted octanol–water partition coefficient (Wildman–Crippen LogP) is 3.73. The lowest BCUT2D eigenvalue weighted by molar-refractivity contribution is -0.00835. The van der Waals surface area contributed by atoms with Gasteiger partial charge in [-0.1, -0.05) is 37.3 Å². The van der Waals surface area contributed by atoms with E-state index in [1.54, 1.807) is 0 Å². The van der Waals surface area contributed by atoms with E-state index in [1.165, 1.54) is 5.56 Å². The molecule has 0 unspecified atom stereocenters. The molecule has 1 aliphatic rings. The molecule has 1 amide bonds. The molecule has 128 valence electrons. The average Bonchev–Trinajstić information content (AvgIpc) is 2.45. The third kappa shape index (κ3) is 4.96. The molecule has 23 heavy (non-hydrogen) atoms. The van der Waals surface area contributed by atoms with Gasteiger partial charge in [0.2, 0.25) is 0 Å². The molecule has 1 aliphatic heterocycles. The fourth-order valence-electron chi connectivity index (χ4n) is 3.36. The highest BCUT2D eigenvalue weighted by molar-refractivity contribution is 5.69. The molecule has 3 atom stereocenters. The van der Waals surface area contributed by atoms with E-state index in [2.05, 4.69) is 19.1 Å². The number of carbonyl (C=O) groups excluding carboxylic acids is 1. The summed E-state index contributed by atoms with van der Waals surface area (Å²) in [7, 11) is 0. The maximum atomic E-state index is 12.8. The first kappa shape index (κ1) is 17.8. The van der Waals surface area contributed by atoms with Gasteiger partial charge in [0.15, 0.2) is 0 Å². The number of likely N-dealkylation sites (tertiary alicyclic amines) is 1. The lowest BCUT2D eigenvalue weighted by atomic mass is 9.87. The number of nitrogens with two attached hydrogens (primary N) is 1. The molecule has 0 aliphatic carbocycles. The lowest BCUT2D eigenvalue weighted by Gasteiger charge is -2.44. The van der Waals surface area contributed by atoms with Crippen molar-refractivity contribution in [2.45, 2.75) is 77.1 Å². The van der Waals surface area contributed by atoms with Crippen molar-refractivity contribution < 1.29 is 9.53 Å². The van der Waals surface area contributed by atoms with Crippen LogP contribution in [0, 0.1) is 0 Å². The highest BCUT2D eigenvalue weighted by atomic mass is 16.6. The maximum absolute atomic E-state index is 12.8. The molecule has 1 saturated heterocycles. The van der Waals surface area contributed by atoms with Gasteiger partial charge in [0.1, 0.15) is 5.60 Å². The molecule has 0 spiro atoms. The van der Waals surface area contributed by atoms with Gasteiger partial charge >= 0.3 is 6.09 Å². The van der Waals surface area contributed by atoms with E-state index < -0.39 is 5.60 Å². The number of amides is 1. The Morgan fingerprint density at radius 3 is 2.39 bits per heavy atom. The van der Waals surface area contributed by atoms with Gasteiger partial charge in [-0.15, -0.1) is 0 Å². The quantitative estimate of drug-likeness (QED) is 0.924. The number of piperidine rings is 1. The number of ether oxygens (including phenoxy) is 1. The Bertz CT molecular complexity index is 510. The van der Waals surface area contributed by atoms with Crippen LogP contribution in [0.2, 0.25) is 0 Å². The number of hydrogen-bond donors (Lipinski definition) is 1. The minimum absolute atomic E-state index is 0.0981. The molecule has 4 nitrogen and oxygen atoms in total. The van der Waals surface area contributed by atoms with Crippen molar-refractivity contribution in [3.8, 4) is 0 Å². The second kappa shape index (κ2) is 7.35. The van der Waals surface area contributed by atoms with Crippen molar-refractivity contribution in [2.24, 2.45) is 5.73 Å². The zero-order chi connectivity index (χ0) is 17.0. The average molecular weight is 318 g/mol. The zero-order valence-electron chi connectivity index (χ0n) is 14.8. The summed E-state index contributed by atoms with van der Waals surface area (Å²) in [5.74, 6) is 0. The number of hydrogen-bond acceptors (Lipinski definition) is 3. The zero-order valence-corrected chi connectivity index (χ0v) is 14.8. The molecule has 2 rings (SSSR count). The molecule has 1 heterocycles. The summed E-state index contributed by atoms with van der Waals surface area (Å²) >= 11 is 0. The summed E-state index contributed by atoms with van der Waals surface area (Å²) in [5, 5.41) is 0. The second-order valence-corrected chi connectivity index (χ2v) is 7.52. The van der Waals surface area contributed by atoms with Gasteiger partial charge in [-0.05, 0) is 52.0 Å². The summed E-state index contributed by atoms with van der Waals surface area (Å²) in [6, 6.07) is 10.7. The number of nitrogens with zero attached hydrogens (tertiary/aromatic N) is 1. The van der Waals surface area contributed by atoms with Gasteiger partial charge in [-0.2, -0.15) is 0 Å². The van der Waals surface area contributed by atoms with E-state index in [0.717, 1.165) is 25.7 Å². The maximum Gasteiger partial charge on any atom is 0.410 e. The minimum Gasteiger partial charge on any atom is -0.444 e. The highest BCUT2D eigenvalue weighted by Crippen LogP contribution is 2.28. The van der Waals surface area contributed by atoms with Crippen molar-refractivity contribution in [2.75, 3.05) is 0 Å². The normalized spacial score (nSPS) is 25.3. The van der Waals surface area contributed by atoms with Crippen molar-refractivity contribution in [3.63, 3.8) is 0 Å². The van der Waals surface area contributed by atoms with Crippen LogP contribution in [0.25, 0.3) is 0 Å². The third-order valence-electron chi connectivity index (χ3n) is 4.33. The van der Waals surface area contributed by atoms with Crippen LogP contribution >= 0.6 is 0 Å². The molecule has 1 fully saturated rings. The number of benzene rings is 1. The third-order valence-corrected chi connectivity index (χ3v) is 4.33. The van der Waals surface area contributed by atoms with Crippen molar-refractivity contribution in [3.05, 3.63) is 35.9 Å². The van der Waals surface area contributed by atoms with Crippen LogP contribution in [-0.2, 0) is 11.2 Å². The molecule has 1 aromatic rings. The van der Waals surface area contributed by atoms with Crippen LogP contribution in [0.15, 0.2) is 30.3 Å². The molecule has 0 saturated carbocycles.